The summed E-state index contributed by atoms with van der Waals surface area (Å²) in [4.78, 5) is 12.7. The molecule has 0 spiro atoms. The van der Waals surface area contributed by atoms with Gasteiger partial charge in [-0.1, -0.05) is 29.5 Å². The van der Waals surface area contributed by atoms with Crippen molar-refractivity contribution in [3.8, 4) is 0 Å². The van der Waals surface area contributed by atoms with Crippen LogP contribution < -0.4 is 5.32 Å². The van der Waals surface area contributed by atoms with E-state index in [1.54, 1.807) is 6.26 Å². The van der Waals surface area contributed by atoms with Gasteiger partial charge in [-0.15, -0.1) is 10.2 Å². The molecule has 1 fully saturated rings. The molecule has 1 unspecified atom stereocenters. The second-order valence-corrected chi connectivity index (χ2v) is 8.66. The van der Waals surface area contributed by atoms with Gasteiger partial charge in [0.15, 0.2) is 5.16 Å². The minimum absolute atomic E-state index is 0.0440. The standard InChI is InChI=1S/C21H24N4O2S/c1-13-6-9-18(14(2)11-13)22-20(26)15(3)28-21-24-23-19(16-7-8-16)25(21)12-17-5-4-10-27-17/h4-6,9-11,15-16H,7-8,12H2,1-3H3,(H,22,26). The van der Waals surface area contributed by atoms with Gasteiger partial charge in [-0.2, -0.15) is 0 Å². The summed E-state index contributed by atoms with van der Waals surface area (Å²) in [6.45, 7) is 6.52. The highest BCUT2D eigenvalue weighted by Gasteiger charge is 2.31. The zero-order chi connectivity index (χ0) is 19.7. The van der Waals surface area contributed by atoms with Gasteiger partial charge in [0.25, 0.3) is 0 Å². The number of carbonyl (C=O) groups excluding carboxylic acids is 1. The van der Waals surface area contributed by atoms with Crippen LogP contribution in [0, 0.1) is 13.8 Å². The summed E-state index contributed by atoms with van der Waals surface area (Å²) in [5.74, 6) is 2.27. The van der Waals surface area contributed by atoms with Crippen molar-refractivity contribution < 1.29 is 9.21 Å². The number of carbonyl (C=O) groups is 1. The van der Waals surface area contributed by atoms with E-state index in [4.69, 9.17) is 4.42 Å². The Morgan fingerprint density at radius 2 is 2.14 bits per heavy atom. The number of nitrogens with zero attached hydrogens (tertiary/aromatic N) is 3. The summed E-state index contributed by atoms with van der Waals surface area (Å²) in [7, 11) is 0. The molecule has 1 aliphatic carbocycles. The van der Waals surface area contributed by atoms with Gasteiger partial charge in [-0.3, -0.25) is 9.36 Å². The van der Waals surface area contributed by atoms with E-state index in [-0.39, 0.29) is 11.2 Å². The van der Waals surface area contributed by atoms with Crippen molar-refractivity contribution in [2.45, 2.75) is 56.5 Å². The summed E-state index contributed by atoms with van der Waals surface area (Å²) < 4.78 is 7.59. The molecule has 3 aromatic rings. The molecular weight excluding hydrogens is 372 g/mol. The molecule has 0 bridgehead atoms. The molecule has 1 N–H and O–H groups in total. The van der Waals surface area contributed by atoms with Gasteiger partial charge in [0.2, 0.25) is 5.91 Å². The molecule has 7 heteroatoms. The highest BCUT2D eigenvalue weighted by atomic mass is 32.2. The van der Waals surface area contributed by atoms with E-state index in [1.807, 2.05) is 45.0 Å². The molecule has 0 aliphatic heterocycles. The average Bonchev–Trinajstić information content (AvgIpc) is 3.23. The lowest BCUT2D eigenvalue weighted by Gasteiger charge is -2.14. The van der Waals surface area contributed by atoms with Crippen LogP contribution in [0.15, 0.2) is 46.2 Å². The number of anilines is 1. The molecule has 2 aromatic heterocycles. The fraction of sp³-hybridized carbons (Fsp3) is 0.381. The normalized spacial score (nSPS) is 14.8. The predicted molar refractivity (Wildman–Crippen MR) is 110 cm³/mol. The van der Waals surface area contributed by atoms with Crippen molar-refractivity contribution in [2.24, 2.45) is 0 Å². The van der Waals surface area contributed by atoms with Gasteiger partial charge in [0.05, 0.1) is 18.1 Å². The molecule has 1 atom stereocenters. The topological polar surface area (TPSA) is 73.0 Å². The Labute approximate surface area is 168 Å². The van der Waals surface area contributed by atoms with Crippen LogP contribution in [-0.4, -0.2) is 25.9 Å². The minimum atomic E-state index is -0.299. The average molecular weight is 397 g/mol. The van der Waals surface area contributed by atoms with Gasteiger partial charge in [0, 0.05) is 11.6 Å². The van der Waals surface area contributed by atoms with Crippen molar-refractivity contribution in [1.82, 2.24) is 14.8 Å². The van der Waals surface area contributed by atoms with Crippen molar-refractivity contribution in [3.63, 3.8) is 0 Å². The molecule has 0 saturated heterocycles. The molecule has 28 heavy (non-hydrogen) atoms. The second-order valence-electron chi connectivity index (χ2n) is 7.35. The van der Waals surface area contributed by atoms with Gasteiger partial charge < -0.3 is 9.73 Å². The first-order chi connectivity index (χ1) is 13.5. The number of aryl methyl sites for hydroxylation is 2. The summed E-state index contributed by atoms with van der Waals surface area (Å²) in [6.07, 6.45) is 3.96. The fourth-order valence-corrected chi connectivity index (χ4v) is 3.99. The van der Waals surface area contributed by atoms with Crippen LogP contribution in [0.5, 0.6) is 0 Å². The van der Waals surface area contributed by atoms with Gasteiger partial charge >= 0.3 is 0 Å². The van der Waals surface area contributed by atoms with Crippen LogP contribution in [-0.2, 0) is 11.3 Å². The van der Waals surface area contributed by atoms with E-state index in [1.165, 1.54) is 17.3 Å². The molecular formula is C21H24N4O2S. The number of hydrogen-bond donors (Lipinski definition) is 1. The highest BCUT2D eigenvalue weighted by molar-refractivity contribution is 8.00. The van der Waals surface area contributed by atoms with E-state index in [2.05, 4.69) is 26.1 Å². The monoisotopic (exact) mass is 396 g/mol. The Balaban J connectivity index is 1.49. The number of furan rings is 1. The van der Waals surface area contributed by atoms with Crippen molar-refractivity contribution in [2.75, 3.05) is 5.32 Å². The number of hydrogen-bond acceptors (Lipinski definition) is 5. The Morgan fingerprint density at radius 1 is 1.32 bits per heavy atom. The largest absolute Gasteiger partial charge is 0.467 e. The number of nitrogens with one attached hydrogen (secondary N) is 1. The van der Waals surface area contributed by atoms with Crippen molar-refractivity contribution in [3.05, 3.63) is 59.3 Å². The van der Waals surface area contributed by atoms with Gasteiger partial charge in [-0.25, -0.2) is 0 Å². The maximum Gasteiger partial charge on any atom is 0.237 e. The number of thioether (sulfide) groups is 1. The molecule has 6 nitrogen and oxygen atoms in total. The molecule has 1 aromatic carbocycles. The lowest BCUT2D eigenvalue weighted by atomic mass is 10.1. The summed E-state index contributed by atoms with van der Waals surface area (Å²) in [5.41, 5.74) is 3.08. The Kier molecular flexibility index (Phi) is 5.26. The molecule has 1 saturated carbocycles. The van der Waals surface area contributed by atoms with Crippen LogP contribution in [0.4, 0.5) is 5.69 Å². The maximum atomic E-state index is 12.7. The maximum absolute atomic E-state index is 12.7. The summed E-state index contributed by atoms with van der Waals surface area (Å²) >= 11 is 1.43. The first-order valence-electron chi connectivity index (χ1n) is 9.51. The Morgan fingerprint density at radius 3 is 2.82 bits per heavy atom. The highest BCUT2D eigenvalue weighted by Crippen LogP contribution is 2.40. The number of benzene rings is 1. The van der Waals surface area contributed by atoms with Crippen molar-refractivity contribution in [1.29, 1.82) is 0 Å². The summed E-state index contributed by atoms with van der Waals surface area (Å²) in [6, 6.07) is 9.84. The lowest BCUT2D eigenvalue weighted by Crippen LogP contribution is -2.23. The number of rotatable bonds is 7. The molecule has 4 rings (SSSR count). The molecule has 1 amide bonds. The van der Waals surface area contributed by atoms with E-state index in [0.717, 1.165) is 40.8 Å². The van der Waals surface area contributed by atoms with Crippen LogP contribution in [0.25, 0.3) is 0 Å². The predicted octanol–water partition coefficient (Wildman–Crippen LogP) is 4.53. The SMILES string of the molecule is Cc1ccc(NC(=O)C(C)Sc2nnc(C3CC3)n2Cc2ccco2)c(C)c1. The fourth-order valence-electron chi connectivity index (χ4n) is 3.14. The van der Waals surface area contributed by atoms with Crippen LogP contribution >= 0.6 is 11.8 Å². The zero-order valence-corrected chi connectivity index (χ0v) is 17.1. The minimum Gasteiger partial charge on any atom is -0.467 e. The molecule has 0 radical (unpaired) electrons. The quantitative estimate of drug-likeness (QED) is 0.594. The number of amides is 1. The third-order valence-corrected chi connectivity index (χ3v) is 5.95. The zero-order valence-electron chi connectivity index (χ0n) is 16.3. The van der Waals surface area contributed by atoms with E-state index >= 15 is 0 Å². The molecule has 1 aliphatic rings. The van der Waals surface area contributed by atoms with Crippen molar-refractivity contribution >= 4 is 23.4 Å². The van der Waals surface area contributed by atoms with Crippen LogP contribution in [0.3, 0.4) is 0 Å². The third kappa shape index (κ3) is 4.14. The van der Waals surface area contributed by atoms with Crippen LogP contribution in [0.2, 0.25) is 0 Å². The first kappa shape index (κ1) is 18.8. The van der Waals surface area contributed by atoms with Crippen LogP contribution in [0.1, 0.15) is 48.4 Å². The Hall–Kier alpha value is -2.54. The summed E-state index contributed by atoms with van der Waals surface area (Å²) in [5, 5.41) is 12.2. The van der Waals surface area contributed by atoms with Gasteiger partial charge in [-0.05, 0) is 57.4 Å². The second kappa shape index (κ2) is 7.83. The number of aromatic nitrogens is 3. The molecule has 146 valence electrons. The molecule has 2 heterocycles. The van der Waals surface area contributed by atoms with E-state index < -0.39 is 0 Å². The Bertz CT molecular complexity index is 976. The smallest absolute Gasteiger partial charge is 0.237 e. The first-order valence-corrected chi connectivity index (χ1v) is 10.4. The van der Waals surface area contributed by atoms with E-state index in [9.17, 15) is 4.79 Å². The lowest BCUT2D eigenvalue weighted by molar-refractivity contribution is -0.115. The van der Waals surface area contributed by atoms with E-state index in [0.29, 0.717) is 12.5 Å². The van der Waals surface area contributed by atoms with Gasteiger partial charge in [0.1, 0.15) is 11.6 Å². The third-order valence-electron chi connectivity index (χ3n) is 4.87.